The van der Waals surface area contributed by atoms with E-state index in [9.17, 15) is 4.79 Å². The number of hydrogen-bond donors (Lipinski definition) is 1. The fraction of sp³-hybridized carbons (Fsp3) is 0.176. The second-order valence-corrected chi connectivity index (χ2v) is 6.26. The van der Waals surface area contributed by atoms with Crippen LogP contribution in [0.3, 0.4) is 0 Å². The Bertz CT molecular complexity index is 764. The van der Waals surface area contributed by atoms with Crippen molar-refractivity contribution >= 4 is 40.7 Å². The van der Waals surface area contributed by atoms with Gasteiger partial charge in [0.05, 0.1) is 11.4 Å². The summed E-state index contributed by atoms with van der Waals surface area (Å²) in [5.74, 6) is -0.211. The molecular weight excluding hydrogens is 332 g/mol. The number of rotatable bonds is 4. The Labute approximate surface area is 143 Å². The maximum atomic E-state index is 12.4. The van der Waals surface area contributed by atoms with Crippen LogP contribution in [0.1, 0.15) is 12.0 Å². The van der Waals surface area contributed by atoms with Gasteiger partial charge in [-0.25, -0.2) is 0 Å². The molecule has 0 saturated carbocycles. The highest BCUT2D eigenvalue weighted by molar-refractivity contribution is 7.98. The summed E-state index contributed by atoms with van der Waals surface area (Å²) in [5.41, 5.74) is 2.27. The van der Waals surface area contributed by atoms with Crippen LogP contribution in [0.2, 0.25) is 5.02 Å². The van der Waals surface area contributed by atoms with E-state index in [1.807, 2.05) is 48.7 Å². The number of nitrogens with zero attached hydrogens (tertiary/aromatic N) is 1. The fourth-order valence-corrected chi connectivity index (χ4v) is 3.13. The molecule has 0 unspecified atom stereocenters. The van der Waals surface area contributed by atoms with Gasteiger partial charge in [0.15, 0.2) is 0 Å². The maximum Gasteiger partial charge on any atom is 0.268 e. The number of nitrogens with one attached hydrogen (secondary N) is 1. The summed E-state index contributed by atoms with van der Waals surface area (Å²) in [4.78, 5) is 18.7. The third kappa shape index (κ3) is 3.51. The van der Waals surface area contributed by atoms with Crippen molar-refractivity contribution in [3.05, 3.63) is 59.1 Å². The lowest BCUT2D eigenvalue weighted by Crippen LogP contribution is -2.28. The molecule has 0 aliphatic carbocycles. The molecule has 0 bridgehead atoms. The Morgan fingerprint density at radius 1 is 1.26 bits per heavy atom. The Morgan fingerprint density at radius 3 is 2.78 bits per heavy atom. The van der Waals surface area contributed by atoms with E-state index in [-0.39, 0.29) is 5.91 Å². The molecule has 6 heteroatoms. The summed E-state index contributed by atoms with van der Waals surface area (Å²) in [7, 11) is 0. The minimum atomic E-state index is -0.642. The molecule has 2 aromatic carbocycles. The predicted molar refractivity (Wildman–Crippen MR) is 94.3 cm³/mol. The van der Waals surface area contributed by atoms with Gasteiger partial charge in [0.2, 0.25) is 6.10 Å². The van der Waals surface area contributed by atoms with E-state index in [1.54, 1.807) is 17.8 Å². The first-order chi connectivity index (χ1) is 11.2. The first-order valence-corrected chi connectivity index (χ1v) is 8.71. The van der Waals surface area contributed by atoms with E-state index in [0.717, 1.165) is 16.1 Å². The molecule has 1 heterocycles. The molecule has 0 fully saturated rings. The van der Waals surface area contributed by atoms with E-state index in [0.29, 0.717) is 17.2 Å². The van der Waals surface area contributed by atoms with E-state index in [4.69, 9.17) is 16.4 Å². The first kappa shape index (κ1) is 15.9. The Morgan fingerprint density at radius 2 is 2.00 bits per heavy atom. The van der Waals surface area contributed by atoms with Gasteiger partial charge in [-0.15, -0.1) is 11.8 Å². The summed E-state index contributed by atoms with van der Waals surface area (Å²) in [5, 5.41) is 7.52. The molecule has 4 nitrogen and oxygen atoms in total. The molecular formula is C17H15ClN2O2S. The first-order valence-electron chi connectivity index (χ1n) is 7.10. The summed E-state index contributed by atoms with van der Waals surface area (Å²) in [6.07, 6.45) is 1.73. The Kier molecular flexibility index (Phi) is 4.88. The highest BCUT2D eigenvalue weighted by Crippen LogP contribution is 2.27. The molecule has 118 valence electrons. The molecule has 0 radical (unpaired) electrons. The number of halogens is 1. The van der Waals surface area contributed by atoms with E-state index in [1.165, 1.54) is 0 Å². The van der Waals surface area contributed by atoms with Crippen LogP contribution in [-0.4, -0.2) is 24.0 Å². The van der Waals surface area contributed by atoms with Gasteiger partial charge in [-0.1, -0.05) is 47.1 Å². The summed E-state index contributed by atoms with van der Waals surface area (Å²) >= 11 is 7.74. The normalized spacial score (nSPS) is 16.6. The van der Waals surface area contributed by atoms with Gasteiger partial charge in [-0.2, -0.15) is 0 Å². The number of hydrogen-bond acceptors (Lipinski definition) is 4. The third-order valence-electron chi connectivity index (χ3n) is 3.51. The minimum absolute atomic E-state index is 0.211. The van der Waals surface area contributed by atoms with Crippen LogP contribution in [0.25, 0.3) is 0 Å². The minimum Gasteiger partial charge on any atom is -0.382 e. The van der Waals surface area contributed by atoms with Crippen molar-refractivity contribution < 1.29 is 9.63 Å². The van der Waals surface area contributed by atoms with Gasteiger partial charge in [-0.05, 0) is 24.5 Å². The fourth-order valence-electron chi connectivity index (χ4n) is 2.33. The zero-order valence-corrected chi connectivity index (χ0v) is 14.0. The van der Waals surface area contributed by atoms with Crippen molar-refractivity contribution in [1.29, 1.82) is 0 Å². The SMILES string of the molecule is CSc1ccccc1NC(=O)[C@H]1CC(c2ccccc2Cl)=NO1. The Hall–Kier alpha value is -1.98. The van der Waals surface area contributed by atoms with Gasteiger partial charge >= 0.3 is 0 Å². The largest absolute Gasteiger partial charge is 0.382 e. The van der Waals surface area contributed by atoms with Crippen molar-refractivity contribution in [2.45, 2.75) is 17.4 Å². The number of amides is 1. The van der Waals surface area contributed by atoms with Crippen molar-refractivity contribution in [2.24, 2.45) is 5.16 Å². The molecule has 3 rings (SSSR count). The predicted octanol–water partition coefficient (Wildman–Crippen LogP) is 4.19. The van der Waals surface area contributed by atoms with Crippen LogP contribution < -0.4 is 5.32 Å². The molecule has 1 aliphatic rings. The number of carbonyl (C=O) groups excluding carboxylic acids is 1. The summed E-state index contributed by atoms with van der Waals surface area (Å²) in [6, 6.07) is 15.0. The number of para-hydroxylation sites is 1. The molecule has 0 spiro atoms. The van der Waals surface area contributed by atoms with Crippen molar-refractivity contribution in [2.75, 3.05) is 11.6 Å². The molecule has 1 aliphatic heterocycles. The lowest BCUT2D eigenvalue weighted by molar-refractivity contribution is -0.125. The summed E-state index contributed by atoms with van der Waals surface area (Å²) < 4.78 is 0. The topological polar surface area (TPSA) is 50.7 Å². The lowest BCUT2D eigenvalue weighted by atomic mass is 10.0. The smallest absolute Gasteiger partial charge is 0.268 e. The van der Waals surface area contributed by atoms with Crippen molar-refractivity contribution in [1.82, 2.24) is 0 Å². The second-order valence-electron chi connectivity index (χ2n) is 5.01. The van der Waals surface area contributed by atoms with Gasteiger partial charge in [0, 0.05) is 21.9 Å². The van der Waals surface area contributed by atoms with Crippen LogP contribution in [0, 0.1) is 0 Å². The average Bonchev–Trinajstić information content (AvgIpc) is 3.05. The van der Waals surface area contributed by atoms with E-state index >= 15 is 0 Å². The summed E-state index contributed by atoms with van der Waals surface area (Å²) in [6.45, 7) is 0. The third-order valence-corrected chi connectivity index (χ3v) is 4.64. The van der Waals surface area contributed by atoms with Crippen molar-refractivity contribution in [3.8, 4) is 0 Å². The zero-order valence-electron chi connectivity index (χ0n) is 12.5. The number of thioether (sulfide) groups is 1. The lowest BCUT2D eigenvalue weighted by Gasteiger charge is -2.12. The molecule has 2 aromatic rings. The standard InChI is InChI=1S/C17H15ClN2O2S/c1-23-16-9-5-4-8-13(16)19-17(21)15-10-14(20-22-15)11-6-2-3-7-12(11)18/h2-9,15H,10H2,1H3,(H,19,21)/t15-/m1/s1. The maximum absolute atomic E-state index is 12.4. The highest BCUT2D eigenvalue weighted by atomic mass is 35.5. The van der Waals surface area contributed by atoms with E-state index in [2.05, 4.69) is 10.5 Å². The van der Waals surface area contributed by atoms with Crippen LogP contribution >= 0.6 is 23.4 Å². The number of carbonyl (C=O) groups is 1. The van der Waals surface area contributed by atoms with E-state index < -0.39 is 6.10 Å². The number of benzene rings is 2. The van der Waals surface area contributed by atoms with Crippen LogP contribution in [0.5, 0.6) is 0 Å². The highest BCUT2D eigenvalue weighted by Gasteiger charge is 2.30. The molecule has 1 N–H and O–H groups in total. The number of anilines is 1. The van der Waals surface area contributed by atoms with Crippen molar-refractivity contribution in [3.63, 3.8) is 0 Å². The average molecular weight is 347 g/mol. The molecule has 1 atom stereocenters. The van der Waals surface area contributed by atoms with Gasteiger partial charge in [0.25, 0.3) is 5.91 Å². The quantitative estimate of drug-likeness (QED) is 0.844. The Balaban J connectivity index is 1.68. The zero-order chi connectivity index (χ0) is 16.2. The number of oxime groups is 1. The second kappa shape index (κ2) is 7.06. The molecule has 1 amide bonds. The van der Waals surface area contributed by atoms with Gasteiger partial charge in [-0.3, -0.25) is 4.79 Å². The molecule has 23 heavy (non-hydrogen) atoms. The van der Waals surface area contributed by atoms with Crippen LogP contribution in [-0.2, 0) is 9.63 Å². The van der Waals surface area contributed by atoms with Crippen LogP contribution in [0.4, 0.5) is 5.69 Å². The van der Waals surface area contributed by atoms with Gasteiger partial charge < -0.3 is 10.2 Å². The monoisotopic (exact) mass is 346 g/mol. The molecule has 0 saturated heterocycles. The van der Waals surface area contributed by atoms with Crippen LogP contribution in [0.15, 0.2) is 58.6 Å². The van der Waals surface area contributed by atoms with Gasteiger partial charge in [0.1, 0.15) is 0 Å². The molecule has 0 aromatic heterocycles.